The lowest BCUT2D eigenvalue weighted by atomic mass is 9.88. The lowest BCUT2D eigenvalue weighted by Crippen LogP contribution is -2.26. The molecule has 11 heteroatoms. The van der Waals surface area contributed by atoms with E-state index < -0.39 is 75.5 Å². The number of aryl methyl sites for hydroxylation is 1. The van der Waals surface area contributed by atoms with Crippen molar-refractivity contribution in [3.8, 4) is 17.6 Å². The van der Waals surface area contributed by atoms with E-state index in [4.69, 9.17) is 0 Å². The molecule has 0 bridgehead atoms. The van der Waals surface area contributed by atoms with Gasteiger partial charge in [0.25, 0.3) is 0 Å². The second kappa shape index (κ2) is 13.0. The zero-order valence-corrected chi connectivity index (χ0v) is 22.4. The predicted octanol–water partition coefficient (Wildman–Crippen LogP) is 9.84. The Morgan fingerprint density at radius 3 is 1.93 bits per heavy atom. The van der Waals surface area contributed by atoms with Crippen molar-refractivity contribution in [1.82, 2.24) is 0 Å². The molecule has 0 fully saturated rings. The van der Waals surface area contributed by atoms with Gasteiger partial charge in [-0.15, -0.1) is 0 Å². The van der Waals surface area contributed by atoms with Crippen LogP contribution >= 0.6 is 0 Å². The van der Waals surface area contributed by atoms with Gasteiger partial charge in [-0.25, -0.2) is 35.1 Å². The van der Waals surface area contributed by atoms with Crippen molar-refractivity contribution in [2.75, 3.05) is 0 Å². The molecule has 1 unspecified atom stereocenters. The Morgan fingerprint density at radius 2 is 1.37 bits per heavy atom. The summed E-state index contributed by atoms with van der Waals surface area (Å²) >= 11 is 0. The van der Waals surface area contributed by atoms with Crippen LogP contribution < -0.4 is 4.74 Å². The molecule has 0 amide bonds. The third-order valence-corrected chi connectivity index (χ3v) is 6.66. The number of unbranched alkanes of at least 4 members (excludes halogenated alkanes) is 2. The summed E-state index contributed by atoms with van der Waals surface area (Å²) in [6.07, 6.45) is 0.313. The zero-order chi connectivity index (χ0) is 31.5. The Balaban J connectivity index is 1.52. The molecular formula is C32H22F10O. The van der Waals surface area contributed by atoms with Gasteiger partial charge in [0, 0.05) is 23.6 Å². The minimum absolute atomic E-state index is 0.0239. The standard InChI is InChI=1S/C32H22F10O/c1-2-3-4-5-18-11-24(34)22(25(35)12-18)9-7-17-6-8-21(23(33)10-17)19-13-26(36)30(27(37)14-19)32(41,42)43-20-15-28(38)31(40)29(39)16-20/h6,10-16,21H,2-5,8H2,1H3. The van der Waals surface area contributed by atoms with E-state index >= 15 is 0 Å². The molecule has 0 spiro atoms. The number of benzene rings is 3. The minimum Gasteiger partial charge on any atom is -0.429 e. The Morgan fingerprint density at radius 1 is 0.767 bits per heavy atom. The number of hydrogen-bond donors (Lipinski definition) is 0. The van der Waals surface area contributed by atoms with Crippen molar-refractivity contribution in [2.24, 2.45) is 0 Å². The molecule has 0 radical (unpaired) electrons. The fourth-order valence-corrected chi connectivity index (χ4v) is 4.51. The molecular weight excluding hydrogens is 590 g/mol. The molecule has 1 atom stereocenters. The summed E-state index contributed by atoms with van der Waals surface area (Å²) in [6, 6.07) is 3.38. The van der Waals surface area contributed by atoms with E-state index in [0.29, 0.717) is 24.1 Å². The maximum Gasteiger partial charge on any atom is 0.432 e. The zero-order valence-electron chi connectivity index (χ0n) is 22.4. The summed E-state index contributed by atoms with van der Waals surface area (Å²) < 4.78 is 146. The highest BCUT2D eigenvalue weighted by atomic mass is 19.3. The topological polar surface area (TPSA) is 9.23 Å². The van der Waals surface area contributed by atoms with Crippen LogP contribution in [0.3, 0.4) is 0 Å². The highest BCUT2D eigenvalue weighted by molar-refractivity contribution is 5.50. The van der Waals surface area contributed by atoms with Crippen LogP contribution in [0.2, 0.25) is 0 Å². The van der Waals surface area contributed by atoms with E-state index in [2.05, 4.69) is 16.6 Å². The van der Waals surface area contributed by atoms with Crippen molar-refractivity contribution in [2.45, 2.75) is 51.1 Å². The van der Waals surface area contributed by atoms with Gasteiger partial charge in [0.15, 0.2) is 17.5 Å². The van der Waals surface area contributed by atoms with Crippen molar-refractivity contribution >= 4 is 0 Å². The Kier molecular flexibility index (Phi) is 9.58. The number of rotatable bonds is 8. The van der Waals surface area contributed by atoms with Crippen LogP contribution in [0.4, 0.5) is 43.9 Å². The van der Waals surface area contributed by atoms with Crippen molar-refractivity contribution in [3.63, 3.8) is 0 Å². The fraction of sp³-hybridized carbons (Fsp3) is 0.250. The van der Waals surface area contributed by atoms with Gasteiger partial charge in [0.05, 0.1) is 5.56 Å². The lowest BCUT2D eigenvalue weighted by Gasteiger charge is -2.22. The monoisotopic (exact) mass is 612 g/mol. The maximum absolute atomic E-state index is 14.9. The molecule has 0 N–H and O–H groups in total. The fourth-order valence-electron chi connectivity index (χ4n) is 4.51. The molecule has 3 aromatic carbocycles. The van der Waals surface area contributed by atoms with Crippen LogP contribution in [0.1, 0.15) is 60.8 Å². The molecule has 1 nitrogen and oxygen atoms in total. The normalized spacial score (nSPS) is 15.0. The van der Waals surface area contributed by atoms with Crippen LogP contribution in [-0.4, -0.2) is 0 Å². The number of alkyl halides is 2. The Bertz CT molecular complexity index is 1590. The van der Waals surface area contributed by atoms with Crippen molar-refractivity contribution in [1.29, 1.82) is 0 Å². The first-order valence-corrected chi connectivity index (χ1v) is 13.1. The molecule has 0 aromatic heterocycles. The van der Waals surface area contributed by atoms with Gasteiger partial charge in [-0.3, -0.25) is 0 Å². The van der Waals surface area contributed by atoms with Gasteiger partial charge in [0.1, 0.15) is 40.4 Å². The number of ether oxygens (including phenoxy) is 1. The van der Waals surface area contributed by atoms with E-state index in [-0.39, 0.29) is 29.7 Å². The van der Waals surface area contributed by atoms with Crippen LogP contribution in [0.25, 0.3) is 0 Å². The Labute approximate surface area is 240 Å². The largest absolute Gasteiger partial charge is 0.432 e. The van der Waals surface area contributed by atoms with E-state index in [9.17, 15) is 43.9 Å². The maximum atomic E-state index is 14.9. The highest BCUT2D eigenvalue weighted by Gasteiger charge is 2.42. The molecule has 0 aliphatic heterocycles. The molecule has 1 aliphatic rings. The average molecular weight is 613 g/mol. The summed E-state index contributed by atoms with van der Waals surface area (Å²) in [4.78, 5) is 0. The van der Waals surface area contributed by atoms with Crippen LogP contribution in [-0.2, 0) is 12.5 Å². The minimum atomic E-state index is -4.80. The molecule has 4 rings (SSSR count). The van der Waals surface area contributed by atoms with Crippen molar-refractivity contribution < 1.29 is 48.6 Å². The van der Waals surface area contributed by atoms with Crippen molar-refractivity contribution in [3.05, 3.63) is 123 Å². The van der Waals surface area contributed by atoms with E-state index in [1.54, 1.807) is 0 Å². The van der Waals surface area contributed by atoms with Gasteiger partial charge < -0.3 is 4.74 Å². The number of hydrogen-bond acceptors (Lipinski definition) is 1. The first-order chi connectivity index (χ1) is 20.3. The summed E-state index contributed by atoms with van der Waals surface area (Å²) in [5.74, 6) is -9.89. The third kappa shape index (κ3) is 7.24. The summed E-state index contributed by atoms with van der Waals surface area (Å²) in [6.45, 7) is 2.00. The molecule has 0 heterocycles. The highest BCUT2D eigenvalue weighted by Crippen LogP contribution is 2.40. The second-order valence-corrected chi connectivity index (χ2v) is 9.80. The summed E-state index contributed by atoms with van der Waals surface area (Å²) in [7, 11) is 0. The summed E-state index contributed by atoms with van der Waals surface area (Å²) in [5.41, 5.74) is -2.31. The molecule has 3 aromatic rings. The predicted molar refractivity (Wildman–Crippen MR) is 138 cm³/mol. The number of halogens is 10. The molecule has 0 saturated carbocycles. The summed E-state index contributed by atoms with van der Waals surface area (Å²) in [5, 5.41) is 0. The molecule has 226 valence electrons. The first-order valence-electron chi connectivity index (χ1n) is 13.1. The molecule has 1 aliphatic carbocycles. The molecule has 43 heavy (non-hydrogen) atoms. The van der Waals surface area contributed by atoms with E-state index in [0.717, 1.165) is 25.3 Å². The van der Waals surface area contributed by atoms with Crippen LogP contribution in [0.5, 0.6) is 5.75 Å². The van der Waals surface area contributed by atoms with Gasteiger partial charge in [-0.05, 0) is 60.7 Å². The first kappa shape index (κ1) is 31.7. The average Bonchev–Trinajstić information content (AvgIpc) is 2.90. The molecule has 0 saturated heterocycles. The number of allylic oxidation sites excluding steroid dienone is 4. The van der Waals surface area contributed by atoms with Gasteiger partial charge >= 0.3 is 6.11 Å². The van der Waals surface area contributed by atoms with Gasteiger partial charge in [0.2, 0.25) is 0 Å². The Hall–Kier alpha value is -4.20. The lowest BCUT2D eigenvalue weighted by molar-refractivity contribution is -0.189. The third-order valence-electron chi connectivity index (χ3n) is 6.66. The van der Waals surface area contributed by atoms with E-state index in [1.165, 1.54) is 18.2 Å². The SMILES string of the molecule is CCCCCc1cc(F)c(C#CC2=CCC(c3cc(F)c(C(F)(F)Oc4cc(F)c(F)c(F)c4)c(F)c3)C(F)=C2)c(F)c1. The van der Waals surface area contributed by atoms with E-state index in [1.807, 2.05) is 6.92 Å². The van der Waals surface area contributed by atoms with Crippen LogP contribution in [0.15, 0.2) is 60.0 Å². The smallest absolute Gasteiger partial charge is 0.429 e. The quantitative estimate of drug-likeness (QED) is 0.107. The van der Waals surface area contributed by atoms with Gasteiger partial charge in [-0.1, -0.05) is 37.7 Å². The van der Waals surface area contributed by atoms with Gasteiger partial charge in [-0.2, -0.15) is 8.78 Å². The second-order valence-electron chi connectivity index (χ2n) is 9.80. The van der Waals surface area contributed by atoms with Crippen LogP contribution in [0, 0.1) is 52.6 Å².